The van der Waals surface area contributed by atoms with Gasteiger partial charge in [0.25, 0.3) is 0 Å². The largest absolute Gasteiger partial charge is 0.507 e. The number of benzene rings is 2. The molecule has 0 aliphatic heterocycles. The van der Waals surface area contributed by atoms with Crippen LogP contribution < -0.4 is 0 Å². The smallest absolute Gasteiger partial charge is 0.246 e. The first-order valence-electron chi connectivity index (χ1n) is 5.97. The first kappa shape index (κ1) is 11.5. The fourth-order valence-electron chi connectivity index (χ4n) is 2.85. The lowest BCUT2D eigenvalue weighted by Crippen LogP contribution is -2.17. The van der Waals surface area contributed by atoms with Gasteiger partial charge in [-0.15, -0.1) is 0 Å². The average molecular weight is 253 g/mol. The summed E-state index contributed by atoms with van der Waals surface area (Å²) >= 11 is 0. The van der Waals surface area contributed by atoms with Crippen molar-refractivity contribution < 1.29 is 9.53 Å². The van der Waals surface area contributed by atoms with E-state index in [4.69, 9.17) is 4.43 Å². The zero-order valence-electron chi connectivity index (χ0n) is 10.1. The summed E-state index contributed by atoms with van der Waals surface area (Å²) in [5.74, 6) is 0.490. The van der Waals surface area contributed by atoms with Crippen LogP contribution >= 0.6 is 0 Å². The summed E-state index contributed by atoms with van der Waals surface area (Å²) in [5.41, 5.74) is 4.38. The van der Waals surface area contributed by atoms with Crippen LogP contribution in [0.3, 0.4) is 0 Å². The van der Waals surface area contributed by atoms with Crippen molar-refractivity contribution in [2.75, 3.05) is 0 Å². The molecule has 2 aromatic rings. The molecular formula is C15H13O2Si. The van der Waals surface area contributed by atoms with Gasteiger partial charge in [0, 0.05) is 11.5 Å². The highest BCUT2D eigenvalue weighted by Gasteiger charge is 2.33. The van der Waals surface area contributed by atoms with E-state index in [0.717, 1.165) is 16.7 Å². The minimum atomic E-state index is 0.00543. The van der Waals surface area contributed by atoms with Gasteiger partial charge in [-0.3, -0.25) is 0 Å². The summed E-state index contributed by atoms with van der Waals surface area (Å²) in [7, 11) is 3.13. The summed E-state index contributed by atoms with van der Waals surface area (Å²) in [6.45, 7) is 2.02. The molecule has 0 aromatic heterocycles. The molecule has 2 unspecified atom stereocenters. The number of hydrogen-bond donors (Lipinski definition) is 1. The van der Waals surface area contributed by atoms with Crippen molar-refractivity contribution in [1.82, 2.24) is 0 Å². The summed E-state index contributed by atoms with van der Waals surface area (Å²) in [4.78, 5) is 0. The van der Waals surface area contributed by atoms with Gasteiger partial charge >= 0.3 is 0 Å². The van der Waals surface area contributed by atoms with E-state index < -0.39 is 0 Å². The van der Waals surface area contributed by atoms with Gasteiger partial charge in [0.05, 0.1) is 6.10 Å². The molecular weight excluding hydrogens is 240 g/mol. The summed E-state index contributed by atoms with van der Waals surface area (Å²) in [6.07, 6.45) is 0.00543. The maximum atomic E-state index is 10.1. The molecule has 0 heterocycles. The SMILES string of the molecule is CC(O[Si])C1c2ccccc2-c2c(O)cccc21. The Morgan fingerprint density at radius 2 is 1.83 bits per heavy atom. The summed E-state index contributed by atoms with van der Waals surface area (Å²) < 4.78 is 5.31. The van der Waals surface area contributed by atoms with E-state index >= 15 is 0 Å². The third-order valence-electron chi connectivity index (χ3n) is 3.63. The standard InChI is InChI=1S/C15H13O2Si/c1-9(17-18)14-10-5-2-3-6-11(10)15-12(14)7-4-8-13(15)16/h2-9,14,16H,1H3. The van der Waals surface area contributed by atoms with Gasteiger partial charge in [-0.05, 0) is 29.7 Å². The van der Waals surface area contributed by atoms with E-state index in [1.807, 2.05) is 31.2 Å². The zero-order valence-corrected chi connectivity index (χ0v) is 11.1. The highest BCUT2D eigenvalue weighted by Crippen LogP contribution is 2.50. The predicted molar refractivity (Wildman–Crippen MR) is 71.7 cm³/mol. The fourth-order valence-corrected chi connectivity index (χ4v) is 2.98. The van der Waals surface area contributed by atoms with E-state index in [1.165, 1.54) is 5.56 Å². The molecule has 0 bridgehead atoms. The molecule has 0 amide bonds. The first-order chi connectivity index (χ1) is 8.74. The topological polar surface area (TPSA) is 29.5 Å². The molecule has 3 radical (unpaired) electrons. The Morgan fingerprint density at radius 3 is 2.61 bits per heavy atom. The molecule has 0 fully saturated rings. The monoisotopic (exact) mass is 253 g/mol. The third-order valence-corrected chi connectivity index (χ3v) is 4.00. The molecule has 0 saturated heterocycles. The van der Waals surface area contributed by atoms with Crippen LogP contribution in [-0.2, 0) is 4.43 Å². The quantitative estimate of drug-likeness (QED) is 0.834. The molecule has 2 aromatic carbocycles. The Labute approximate surface area is 110 Å². The number of rotatable bonds is 2. The lowest BCUT2D eigenvalue weighted by Gasteiger charge is -2.20. The second-order valence-corrected chi connectivity index (χ2v) is 4.86. The molecule has 18 heavy (non-hydrogen) atoms. The van der Waals surface area contributed by atoms with Gasteiger partial charge in [0.1, 0.15) is 5.75 Å². The van der Waals surface area contributed by atoms with Crippen LogP contribution in [-0.4, -0.2) is 21.7 Å². The third kappa shape index (κ3) is 1.51. The highest BCUT2D eigenvalue weighted by molar-refractivity contribution is 5.98. The molecule has 2 atom stereocenters. The normalized spacial score (nSPS) is 18.2. The molecule has 3 rings (SSSR count). The molecule has 0 saturated carbocycles. The van der Waals surface area contributed by atoms with Crippen molar-refractivity contribution in [3.05, 3.63) is 53.6 Å². The van der Waals surface area contributed by atoms with Crippen molar-refractivity contribution in [2.45, 2.75) is 18.9 Å². The Kier molecular flexibility index (Phi) is 2.72. The lowest BCUT2D eigenvalue weighted by molar-refractivity contribution is 0.225. The maximum absolute atomic E-state index is 10.1. The van der Waals surface area contributed by atoms with E-state index in [-0.39, 0.29) is 12.0 Å². The molecule has 1 N–H and O–H groups in total. The molecule has 3 heteroatoms. The van der Waals surface area contributed by atoms with Crippen LogP contribution in [0.4, 0.5) is 0 Å². The van der Waals surface area contributed by atoms with E-state index in [1.54, 1.807) is 6.07 Å². The summed E-state index contributed by atoms with van der Waals surface area (Å²) in [6, 6.07) is 13.8. The first-order valence-corrected chi connectivity index (χ1v) is 6.38. The Balaban J connectivity index is 2.28. The second kappa shape index (κ2) is 4.26. The number of hydrogen-bond acceptors (Lipinski definition) is 2. The molecule has 2 nitrogen and oxygen atoms in total. The van der Waals surface area contributed by atoms with Crippen LogP contribution in [0.5, 0.6) is 5.75 Å². The van der Waals surface area contributed by atoms with E-state index in [2.05, 4.69) is 22.6 Å². The number of fused-ring (bicyclic) bond motifs is 3. The fraction of sp³-hybridized carbons (Fsp3) is 0.200. The Hall–Kier alpha value is -1.58. The van der Waals surface area contributed by atoms with Crippen molar-refractivity contribution in [2.24, 2.45) is 0 Å². The van der Waals surface area contributed by atoms with Crippen LogP contribution in [0.15, 0.2) is 42.5 Å². The van der Waals surface area contributed by atoms with Crippen LogP contribution in [0.1, 0.15) is 24.0 Å². The van der Waals surface area contributed by atoms with Crippen LogP contribution in [0.25, 0.3) is 11.1 Å². The molecule has 0 spiro atoms. The van der Waals surface area contributed by atoms with Gasteiger partial charge in [0.2, 0.25) is 10.5 Å². The zero-order chi connectivity index (χ0) is 12.7. The van der Waals surface area contributed by atoms with Crippen molar-refractivity contribution in [3.8, 4) is 16.9 Å². The predicted octanol–water partition coefficient (Wildman–Crippen LogP) is 2.99. The number of aromatic hydroxyl groups is 1. The van der Waals surface area contributed by atoms with Gasteiger partial charge in [0.15, 0.2) is 0 Å². The van der Waals surface area contributed by atoms with Crippen molar-refractivity contribution in [1.29, 1.82) is 0 Å². The average Bonchev–Trinajstić information content (AvgIpc) is 2.73. The molecule has 89 valence electrons. The summed E-state index contributed by atoms with van der Waals surface area (Å²) in [5, 5.41) is 10.1. The minimum absolute atomic E-state index is 0.00543. The minimum Gasteiger partial charge on any atom is -0.507 e. The van der Waals surface area contributed by atoms with Gasteiger partial charge in [-0.1, -0.05) is 36.4 Å². The van der Waals surface area contributed by atoms with Gasteiger partial charge in [-0.2, -0.15) is 0 Å². The Bertz CT molecular complexity index is 595. The Morgan fingerprint density at radius 1 is 1.11 bits per heavy atom. The van der Waals surface area contributed by atoms with Crippen LogP contribution in [0, 0.1) is 0 Å². The number of phenolic OH excluding ortho intramolecular Hbond substituents is 1. The maximum Gasteiger partial charge on any atom is 0.246 e. The molecule has 1 aliphatic carbocycles. The second-order valence-electron chi connectivity index (χ2n) is 4.63. The van der Waals surface area contributed by atoms with Gasteiger partial charge in [-0.25, -0.2) is 0 Å². The lowest BCUT2D eigenvalue weighted by atomic mass is 9.92. The number of phenols is 1. The van der Waals surface area contributed by atoms with Crippen molar-refractivity contribution >= 4 is 10.5 Å². The van der Waals surface area contributed by atoms with E-state index in [9.17, 15) is 5.11 Å². The highest BCUT2D eigenvalue weighted by atomic mass is 28.2. The van der Waals surface area contributed by atoms with Crippen molar-refractivity contribution in [3.63, 3.8) is 0 Å². The molecule has 1 aliphatic rings. The van der Waals surface area contributed by atoms with E-state index in [0.29, 0.717) is 5.75 Å². The van der Waals surface area contributed by atoms with Crippen LogP contribution in [0.2, 0.25) is 0 Å². The van der Waals surface area contributed by atoms with Gasteiger partial charge < -0.3 is 9.53 Å².